The molecule has 2 N–H and O–H groups in total. The average molecular weight is 361 g/mol. The molecule has 2 saturated heterocycles. The summed E-state index contributed by atoms with van der Waals surface area (Å²) in [7, 11) is 0. The van der Waals surface area contributed by atoms with Gasteiger partial charge in [0, 0.05) is 12.1 Å². The molecule has 140 valence electrons. The summed E-state index contributed by atoms with van der Waals surface area (Å²) in [5.41, 5.74) is 5.52. The van der Waals surface area contributed by atoms with Crippen LogP contribution in [-0.4, -0.2) is 53.1 Å². The van der Waals surface area contributed by atoms with Crippen molar-refractivity contribution in [3.8, 4) is 5.75 Å². The number of piperidine rings is 1. The number of ether oxygens (including phenoxy) is 1. The number of fused-ring (bicyclic) bond motifs is 2. The first-order valence-corrected chi connectivity index (χ1v) is 8.85. The number of unbranched alkanes of at least 4 members (excludes halogenated alkanes) is 1. The van der Waals surface area contributed by atoms with Crippen LogP contribution in [0, 0.1) is 0 Å². The minimum Gasteiger partial charge on any atom is -0.425 e. The summed E-state index contributed by atoms with van der Waals surface area (Å²) in [4.78, 5) is 43.3. The number of benzene rings is 1. The van der Waals surface area contributed by atoms with Gasteiger partial charge in [-0.05, 0) is 43.5 Å². The molecule has 0 aliphatic carbocycles. The number of amides is 3. The predicted molar refractivity (Wildman–Crippen MR) is 92.2 cm³/mol. The quantitative estimate of drug-likeness (QED) is 0.452. The SMILES string of the molecule is CCCCON1C(=O)N2C[C@@H]1CC[C@H]2C(=O)Oc1ccc(C(N)=O)cc1. The number of primary amides is 1. The van der Waals surface area contributed by atoms with Crippen molar-refractivity contribution in [1.29, 1.82) is 0 Å². The Morgan fingerprint density at radius 2 is 1.96 bits per heavy atom. The number of nitrogens with two attached hydrogens (primary N) is 1. The molecule has 0 spiro atoms. The highest BCUT2D eigenvalue weighted by Gasteiger charge is 2.48. The lowest BCUT2D eigenvalue weighted by molar-refractivity contribution is -0.140. The maximum Gasteiger partial charge on any atom is 0.345 e. The largest absolute Gasteiger partial charge is 0.425 e. The Kier molecular flexibility index (Phi) is 5.41. The first-order chi connectivity index (χ1) is 12.5. The second-order valence-corrected chi connectivity index (χ2v) is 6.50. The molecule has 3 rings (SSSR count). The summed E-state index contributed by atoms with van der Waals surface area (Å²) in [6, 6.07) is 5.07. The second kappa shape index (κ2) is 7.74. The van der Waals surface area contributed by atoms with Crippen LogP contribution < -0.4 is 10.5 Å². The third-order valence-electron chi connectivity index (χ3n) is 4.68. The van der Waals surface area contributed by atoms with E-state index in [-0.39, 0.29) is 12.1 Å². The number of carbonyl (C=O) groups excluding carboxylic acids is 3. The maximum atomic E-state index is 12.5. The third-order valence-corrected chi connectivity index (χ3v) is 4.68. The second-order valence-electron chi connectivity index (χ2n) is 6.50. The Bertz CT molecular complexity index is 691. The predicted octanol–water partition coefficient (Wildman–Crippen LogP) is 1.69. The Morgan fingerprint density at radius 3 is 2.62 bits per heavy atom. The van der Waals surface area contributed by atoms with Gasteiger partial charge in [0.2, 0.25) is 5.91 Å². The lowest BCUT2D eigenvalue weighted by Crippen LogP contribution is -2.46. The fraction of sp³-hybridized carbons (Fsp3) is 0.500. The van der Waals surface area contributed by atoms with E-state index in [1.54, 1.807) is 0 Å². The number of hydrogen-bond acceptors (Lipinski definition) is 5. The zero-order valence-corrected chi connectivity index (χ0v) is 14.7. The van der Waals surface area contributed by atoms with Gasteiger partial charge in [0.05, 0.1) is 12.6 Å². The van der Waals surface area contributed by atoms with Crippen molar-refractivity contribution in [3.63, 3.8) is 0 Å². The number of hydroxylamine groups is 2. The molecule has 26 heavy (non-hydrogen) atoms. The summed E-state index contributed by atoms with van der Waals surface area (Å²) in [6.45, 7) is 3.01. The van der Waals surface area contributed by atoms with Gasteiger partial charge in [0.1, 0.15) is 11.8 Å². The topological polar surface area (TPSA) is 102 Å². The van der Waals surface area contributed by atoms with E-state index in [0.717, 1.165) is 12.8 Å². The van der Waals surface area contributed by atoms with Crippen LogP contribution in [0.1, 0.15) is 43.0 Å². The van der Waals surface area contributed by atoms with Gasteiger partial charge in [0.15, 0.2) is 0 Å². The van der Waals surface area contributed by atoms with E-state index in [0.29, 0.717) is 37.3 Å². The molecule has 0 aromatic heterocycles. The average Bonchev–Trinajstić information content (AvgIpc) is 2.87. The molecule has 2 fully saturated rings. The normalized spacial score (nSPS) is 21.8. The zero-order chi connectivity index (χ0) is 18.7. The van der Waals surface area contributed by atoms with Gasteiger partial charge >= 0.3 is 12.0 Å². The first-order valence-electron chi connectivity index (χ1n) is 8.85. The zero-order valence-electron chi connectivity index (χ0n) is 14.7. The number of carbonyl (C=O) groups is 3. The summed E-state index contributed by atoms with van der Waals surface area (Å²) < 4.78 is 5.38. The molecule has 8 heteroatoms. The van der Waals surface area contributed by atoms with Crippen LogP contribution in [0.15, 0.2) is 24.3 Å². The van der Waals surface area contributed by atoms with Gasteiger partial charge in [-0.1, -0.05) is 13.3 Å². The van der Waals surface area contributed by atoms with Crippen LogP contribution in [0.4, 0.5) is 4.79 Å². The van der Waals surface area contributed by atoms with E-state index in [2.05, 4.69) is 6.92 Å². The van der Waals surface area contributed by atoms with Crippen molar-refractivity contribution in [2.45, 2.75) is 44.7 Å². The molecule has 1 aromatic rings. The third kappa shape index (κ3) is 3.65. The summed E-state index contributed by atoms with van der Waals surface area (Å²) >= 11 is 0. The van der Waals surface area contributed by atoms with Gasteiger partial charge in [-0.3, -0.25) is 9.63 Å². The van der Waals surface area contributed by atoms with Crippen molar-refractivity contribution in [2.24, 2.45) is 5.73 Å². The molecular weight excluding hydrogens is 338 g/mol. The van der Waals surface area contributed by atoms with Crippen molar-refractivity contribution >= 4 is 17.9 Å². The Hall–Kier alpha value is -2.61. The monoisotopic (exact) mass is 361 g/mol. The van der Waals surface area contributed by atoms with Crippen LogP contribution in [0.3, 0.4) is 0 Å². The molecule has 2 aliphatic heterocycles. The molecule has 0 unspecified atom stereocenters. The molecule has 1 aromatic carbocycles. The highest BCUT2D eigenvalue weighted by molar-refractivity contribution is 5.93. The first kappa shape index (κ1) is 18.2. The van der Waals surface area contributed by atoms with E-state index in [1.807, 2.05) is 0 Å². The molecule has 0 saturated carbocycles. The highest BCUT2D eigenvalue weighted by Crippen LogP contribution is 2.31. The van der Waals surface area contributed by atoms with Gasteiger partial charge in [-0.2, -0.15) is 5.06 Å². The fourth-order valence-electron chi connectivity index (χ4n) is 3.22. The standard InChI is InChI=1S/C18H23N3O5/c1-2-3-10-25-21-13-6-9-15(20(11-13)18(21)24)17(23)26-14-7-4-12(5-8-14)16(19)22/h4-5,7-8,13,15H,2-3,6,9-11H2,1H3,(H2,19,22)/t13-,15-/m0/s1. The van der Waals surface area contributed by atoms with Crippen molar-refractivity contribution in [1.82, 2.24) is 9.96 Å². The molecule has 2 heterocycles. The van der Waals surface area contributed by atoms with E-state index in [4.69, 9.17) is 15.3 Å². The van der Waals surface area contributed by atoms with Crippen LogP contribution in [0.2, 0.25) is 0 Å². The number of hydrogen-bond donors (Lipinski definition) is 1. The van der Waals surface area contributed by atoms with Crippen LogP contribution >= 0.6 is 0 Å². The smallest absolute Gasteiger partial charge is 0.345 e. The summed E-state index contributed by atoms with van der Waals surface area (Å²) in [5, 5.41) is 1.41. The van der Waals surface area contributed by atoms with Crippen LogP contribution in [0.25, 0.3) is 0 Å². The molecule has 2 bridgehead atoms. The maximum absolute atomic E-state index is 12.5. The minimum absolute atomic E-state index is 0.0155. The number of urea groups is 1. The lowest BCUT2D eigenvalue weighted by atomic mass is 10.0. The van der Waals surface area contributed by atoms with Gasteiger partial charge in [-0.25, -0.2) is 9.59 Å². The van der Waals surface area contributed by atoms with E-state index in [1.165, 1.54) is 34.2 Å². The van der Waals surface area contributed by atoms with Gasteiger partial charge in [-0.15, -0.1) is 0 Å². The number of nitrogens with zero attached hydrogens (tertiary/aromatic N) is 2. The Morgan fingerprint density at radius 1 is 1.23 bits per heavy atom. The number of esters is 1. The van der Waals surface area contributed by atoms with E-state index >= 15 is 0 Å². The fourth-order valence-corrected chi connectivity index (χ4v) is 3.22. The Balaban J connectivity index is 1.62. The molecule has 3 amide bonds. The van der Waals surface area contributed by atoms with Gasteiger partial charge < -0.3 is 15.4 Å². The minimum atomic E-state index is -0.630. The Labute approximate surface area is 151 Å². The van der Waals surface area contributed by atoms with Crippen molar-refractivity contribution < 1.29 is 24.0 Å². The van der Waals surface area contributed by atoms with Crippen LogP contribution in [-0.2, 0) is 9.63 Å². The molecule has 2 aliphatic rings. The molecular formula is C18H23N3O5. The highest BCUT2D eigenvalue weighted by atomic mass is 16.7. The summed E-state index contributed by atoms with van der Waals surface area (Å²) in [5.74, 6) is -0.726. The number of rotatable bonds is 7. The summed E-state index contributed by atoms with van der Waals surface area (Å²) in [6.07, 6.45) is 3.08. The van der Waals surface area contributed by atoms with Gasteiger partial charge in [0.25, 0.3) is 0 Å². The van der Waals surface area contributed by atoms with Crippen molar-refractivity contribution in [2.75, 3.05) is 13.2 Å². The van der Waals surface area contributed by atoms with E-state index in [9.17, 15) is 14.4 Å². The molecule has 8 nitrogen and oxygen atoms in total. The van der Waals surface area contributed by atoms with Crippen LogP contribution in [0.5, 0.6) is 5.75 Å². The molecule has 0 radical (unpaired) electrons. The van der Waals surface area contributed by atoms with Crippen molar-refractivity contribution in [3.05, 3.63) is 29.8 Å². The van der Waals surface area contributed by atoms with E-state index < -0.39 is 17.9 Å². The lowest BCUT2D eigenvalue weighted by Gasteiger charge is -2.28. The molecule has 2 atom stereocenters.